The second-order valence-corrected chi connectivity index (χ2v) is 10.3. The summed E-state index contributed by atoms with van der Waals surface area (Å²) in [6.07, 6.45) is 3.72. The van der Waals surface area contributed by atoms with E-state index < -0.39 is 10.0 Å². The molecule has 2 aromatic rings. The third kappa shape index (κ3) is 5.97. The van der Waals surface area contributed by atoms with Crippen molar-refractivity contribution in [2.75, 3.05) is 45.8 Å². The summed E-state index contributed by atoms with van der Waals surface area (Å²) >= 11 is 0. The molecule has 0 aromatic heterocycles. The summed E-state index contributed by atoms with van der Waals surface area (Å²) in [6.45, 7) is 3.74. The first-order valence-corrected chi connectivity index (χ1v) is 12.5. The van der Waals surface area contributed by atoms with Crippen molar-refractivity contribution in [3.63, 3.8) is 0 Å². The lowest BCUT2D eigenvalue weighted by molar-refractivity contribution is -0.121. The van der Waals surface area contributed by atoms with E-state index in [1.54, 1.807) is 0 Å². The number of carbonyl (C=O) groups is 1. The van der Waals surface area contributed by atoms with E-state index in [1.807, 2.05) is 19.1 Å². The number of rotatable bonds is 9. The fourth-order valence-electron chi connectivity index (χ4n) is 3.94. The first-order valence-electron chi connectivity index (χ1n) is 11.1. The zero-order valence-corrected chi connectivity index (χ0v) is 20.5. The lowest BCUT2D eigenvalue weighted by atomic mass is 10.1. The Morgan fingerprint density at radius 1 is 1.03 bits per heavy atom. The summed E-state index contributed by atoms with van der Waals surface area (Å²) in [5.41, 5.74) is 2.16. The maximum atomic E-state index is 12.9. The van der Waals surface area contributed by atoms with Crippen LogP contribution in [0.15, 0.2) is 47.4 Å². The van der Waals surface area contributed by atoms with Gasteiger partial charge in [0.2, 0.25) is 15.9 Å². The highest BCUT2D eigenvalue weighted by atomic mass is 32.2. The lowest BCUT2D eigenvalue weighted by Gasteiger charge is -2.29. The average Bonchev–Trinajstić information content (AvgIpc) is 2.83. The van der Waals surface area contributed by atoms with Crippen molar-refractivity contribution in [2.45, 2.75) is 37.1 Å². The smallest absolute Gasteiger partial charge is 0.243 e. The van der Waals surface area contributed by atoms with Crippen LogP contribution in [-0.4, -0.2) is 59.5 Å². The third-order valence-electron chi connectivity index (χ3n) is 5.92. The lowest BCUT2D eigenvalue weighted by Crippen LogP contribution is -2.39. The van der Waals surface area contributed by atoms with Crippen molar-refractivity contribution < 1.29 is 22.7 Å². The minimum Gasteiger partial charge on any atom is -0.493 e. The summed E-state index contributed by atoms with van der Waals surface area (Å²) in [5.74, 6) is 0.351. The summed E-state index contributed by atoms with van der Waals surface area (Å²) < 4.78 is 37.2. The number of methoxy groups -OCH3 is 2. The number of carbonyl (C=O) groups excluding carboxylic acids is 1. The van der Waals surface area contributed by atoms with Crippen LogP contribution >= 0.6 is 0 Å². The molecule has 1 aliphatic heterocycles. The zero-order chi connectivity index (χ0) is 24.0. The Morgan fingerprint density at radius 2 is 1.67 bits per heavy atom. The van der Waals surface area contributed by atoms with Gasteiger partial charge in [0.1, 0.15) is 0 Å². The Morgan fingerprint density at radius 3 is 2.27 bits per heavy atom. The van der Waals surface area contributed by atoms with Gasteiger partial charge in [-0.2, -0.15) is 4.31 Å². The summed E-state index contributed by atoms with van der Waals surface area (Å²) in [5, 5.41) is 2.89. The van der Waals surface area contributed by atoms with Gasteiger partial charge in [0.15, 0.2) is 11.5 Å². The van der Waals surface area contributed by atoms with Crippen molar-refractivity contribution >= 4 is 21.6 Å². The Labute approximate surface area is 196 Å². The van der Waals surface area contributed by atoms with Crippen LogP contribution in [0.25, 0.3) is 0 Å². The van der Waals surface area contributed by atoms with Crippen LogP contribution in [0.2, 0.25) is 0 Å². The topological polar surface area (TPSA) is 88.2 Å². The highest BCUT2D eigenvalue weighted by Gasteiger charge is 2.25. The second-order valence-electron chi connectivity index (χ2n) is 8.21. The van der Waals surface area contributed by atoms with Gasteiger partial charge in [-0.15, -0.1) is 0 Å². The molecule has 1 heterocycles. The van der Waals surface area contributed by atoms with Crippen molar-refractivity contribution in [1.29, 1.82) is 0 Å². The minimum absolute atomic E-state index is 0.0248. The molecule has 9 heteroatoms. The van der Waals surface area contributed by atoms with Gasteiger partial charge in [0.25, 0.3) is 0 Å². The maximum Gasteiger partial charge on any atom is 0.243 e. The zero-order valence-electron chi connectivity index (χ0n) is 19.7. The molecule has 1 amide bonds. The van der Waals surface area contributed by atoms with Crippen LogP contribution in [-0.2, 0) is 14.8 Å². The molecule has 1 N–H and O–H groups in total. The Hall–Kier alpha value is -2.78. The average molecular weight is 476 g/mol. The molecule has 33 heavy (non-hydrogen) atoms. The van der Waals surface area contributed by atoms with Crippen LogP contribution in [0.4, 0.5) is 5.69 Å². The largest absolute Gasteiger partial charge is 0.493 e. The van der Waals surface area contributed by atoms with Crippen molar-refractivity contribution in [2.24, 2.45) is 0 Å². The van der Waals surface area contributed by atoms with E-state index in [1.165, 1.54) is 64.4 Å². The minimum atomic E-state index is -3.88. The van der Waals surface area contributed by atoms with Gasteiger partial charge >= 0.3 is 0 Å². The second kappa shape index (κ2) is 10.9. The standard InChI is InChI=1S/C24H33N3O5S/c1-18(19-8-10-20(11-9-19)27-14-6-5-7-15-27)25-24(28)17-26(2)33(29,30)21-12-13-22(31-3)23(16-21)32-4/h8-13,16,18H,5-7,14-15,17H2,1-4H3,(H,25,28). The number of hydrogen-bond acceptors (Lipinski definition) is 6. The van der Waals surface area contributed by atoms with Gasteiger partial charge in [0, 0.05) is 31.9 Å². The molecular weight excluding hydrogens is 442 g/mol. The van der Waals surface area contributed by atoms with Gasteiger partial charge < -0.3 is 19.7 Å². The van der Waals surface area contributed by atoms with E-state index in [-0.39, 0.29) is 23.4 Å². The van der Waals surface area contributed by atoms with Crippen LogP contribution in [0.5, 0.6) is 11.5 Å². The summed E-state index contributed by atoms with van der Waals surface area (Å²) in [6, 6.07) is 12.3. The quantitative estimate of drug-likeness (QED) is 0.599. The van der Waals surface area contributed by atoms with Gasteiger partial charge in [-0.05, 0) is 56.0 Å². The van der Waals surface area contributed by atoms with Crippen LogP contribution in [0, 0.1) is 0 Å². The molecule has 2 aromatic carbocycles. The SMILES string of the molecule is COc1ccc(S(=O)(=O)N(C)CC(=O)NC(C)c2ccc(N3CCCCC3)cc2)cc1OC. The van der Waals surface area contributed by atoms with Crippen LogP contribution in [0.1, 0.15) is 37.8 Å². The van der Waals surface area contributed by atoms with E-state index in [2.05, 4.69) is 22.3 Å². The van der Waals surface area contributed by atoms with E-state index in [0.29, 0.717) is 11.5 Å². The van der Waals surface area contributed by atoms with E-state index in [0.717, 1.165) is 23.0 Å². The molecule has 0 aliphatic carbocycles. The number of amides is 1. The Balaban J connectivity index is 1.61. The van der Waals surface area contributed by atoms with Gasteiger partial charge in [-0.3, -0.25) is 4.79 Å². The number of sulfonamides is 1. The number of likely N-dealkylation sites (N-methyl/N-ethyl adjacent to an activating group) is 1. The fourth-order valence-corrected chi connectivity index (χ4v) is 5.08. The number of nitrogens with one attached hydrogen (secondary N) is 1. The molecule has 0 radical (unpaired) electrons. The van der Waals surface area contributed by atoms with Crippen LogP contribution in [0.3, 0.4) is 0 Å². The van der Waals surface area contributed by atoms with Crippen molar-refractivity contribution in [3.05, 3.63) is 48.0 Å². The third-order valence-corrected chi connectivity index (χ3v) is 7.72. The highest BCUT2D eigenvalue weighted by molar-refractivity contribution is 7.89. The molecule has 1 fully saturated rings. The van der Waals surface area contributed by atoms with E-state index in [4.69, 9.17) is 9.47 Å². The van der Waals surface area contributed by atoms with E-state index >= 15 is 0 Å². The normalized spacial score (nSPS) is 15.2. The number of benzene rings is 2. The number of anilines is 1. The fraction of sp³-hybridized carbons (Fsp3) is 0.458. The Bertz CT molecular complexity index is 1050. The first kappa shape index (κ1) is 24.9. The summed E-state index contributed by atoms with van der Waals surface area (Å²) in [4.78, 5) is 15.0. The van der Waals surface area contributed by atoms with Crippen molar-refractivity contribution in [1.82, 2.24) is 9.62 Å². The summed E-state index contributed by atoms with van der Waals surface area (Å²) in [7, 11) is 0.413. The van der Waals surface area contributed by atoms with Gasteiger partial charge in [-0.1, -0.05) is 12.1 Å². The molecule has 8 nitrogen and oxygen atoms in total. The predicted molar refractivity (Wildman–Crippen MR) is 128 cm³/mol. The predicted octanol–water partition coefficient (Wildman–Crippen LogP) is 3.19. The molecule has 0 bridgehead atoms. The molecule has 1 atom stereocenters. The maximum absolute atomic E-state index is 12.9. The molecule has 0 spiro atoms. The van der Waals surface area contributed by atoms with Crippen LogP contribution < -0.4 is 19.7 Å². The number of hydrogen-bond donors (Lipinski definition) is 1. The number of ether oxygens (including phenoxy) is 2. The van der Waals surface area contributed by atoms with E-state index in [9.17, 15) is 13.2 Å². The molecule has 1 aliphatic rings. The molecular formula is C24H33N3O5S. The van der Waals surface area contributed by atoms with Gasteiger partial charge in [-0.25, -0.2) is 8.42 Å². The Kier molecular flexibility index (Phi) is 8.20. The molecule has 3 rings (SSSR count). The number of piperidine rings is 1. The highest BCUT2D eigenvalue weighted by Crippen LogP contribution is 2.30. The molecule has 0 saturated carbocycles. The number of nitrogens with zero attached hydrogens (tertiary/aromatic N) is 2. The van der Waals surface area contributed by atoms with Crippen molar-refractivity contribution in [3.8, 4) is 11.5 Å². The monoisotopic (exact) mass is 475 g/mol. The molecule has 1 saturated heterocycles. The molecule has 1 unspecified atom stereocenters. The van der Waals surface area contributed by atoms with Gasteiger partial charge in [0.05, 0.1) is 31.7 Å². The first-order chi connectivity index (χ1) is 15.8. The molecule has 180 valence electrons.